The number of fused-ring (bicyclic) bond motifs is 1. The molecule has 0 aliphatic carbocycles. The quantitative estimate of drug-likeness (QED) is 0.517. The van der Waals surface area contributed by atoms with E-state index < -0.39 is 6.10 Å². The first kappa shape index (κ1) is 23.9. The number of anilines is 2. The average Bonchev–Trinajstić information content (AvgIpc) is 2.87. The molecule has 0 saturated carbocycles. The summed E-state index contributed by atoms with van der Waals surface area (Å²) in [5.74, 6) is 1.80. The number of nitrogens with zero attached hydrogens (tertiary/aromatic N) is 1. The molecular formula is C27H28N2O6. The molecular weight excluding hydrogens is 448 g/mol. The van der Waals surface area contributed by atoms with Crippen molar-refractivity contribution in [3.63, 3.8) is 0 Å². The second kappa shape index (κ2) is 10.4. The Hall–Kier alpha value is -4.20. The molecule has 8 nitrogen and oxygen atoms in total. The summed E-state index contributed by atoms with van der Waals surface area (Å²) in [6.45, 7) is 4.36. The summed E-state index contributed by atoms with van der Waals surface area (Å²) < 4.78 is 22.1. The van der Waals surface area contributed by atoms with Crippen molar-refractivity contribution in [1.82, 2.24) is 0 Å². The molecule has 1 unspecified atom stereocenters. The van der Waals surface area contributed by atoms with E-state index in [1.807, 2.05) is 31.2 Å². The van der Waals surface area contributed by atoms with Crippen LogP contribution < -0.4 is 29.2 Å². The minimum Gasteiger partial charge on any atom is -0.497 e. The number of ether oxygens (including phenoxy) is 4. The van der Waals surface area contributed by atoms with Gasteiger partial charge in [0.05, 0.1) is 26.5 Å². The van der Waals surface area contributed by atoms with Crippen molar-refractivity contribution >= 4 is 23.2 Å². The summed E-state index contributed by atoms with van der Waals surface area (Å²) in [6, 6.07) is 17.9. The Morgan fingerprint density at radius 1 is 0.971 bits per heavy atom. The van der Waals surface area contributed by atoms with Crippen molar-refractivity contribution in [1.29, 1.82) is 0 Å². The number of rotatable bonds is 8. The van der Waals surface area contributed by atoms with Crippen LogP contribution in [0.5, 0.6) is 23.0 Å². The lowest BCUT2D eigenvalue weighted by Gasteiger charge is -2.33. The van der Waals surface area contributed by atoms with Crippen molar-refractivity contribution in [2.75, 3.05) is 37.6 Å². The molecule has 0 saturated heterocycles. The normalized spacial score (nSPS) is 14.6. The van der Waals surface area contributed by atoms with Crippen LogP contribution in [0.1, 0.15) is 22.8 Å². The van der Waals surface area contributed by atoms with Crippen LogP contribution >= 0.6 is 0 Å². The Kier molecular flexibility index (Phi) is 7.10. The molecule has 4 rings (SSSR count). The number of carbonyl (C=O) groups is 2. The van der Waals surface area contributed by atoms with Crippen molar-refractivity contribution in [3.8, 4) is 23.0 Å². The maximum absolute atomic E-state index is 12.9. The number of hydrogen-bond donors (Lipinski definition) is 1. The Morgan fingerprint density at radius 3 is 2.31 bits per heavy atom. The van der Waals surface area contributed by atoms with E-state index in [0.717, 1.165) is 11.3 Å². The third-order valence-corrected chi connectivity index (χ3v) is 5.64. The van der Waals surface area contributed by atoms with E-state index in [4.69, 9.17) is 18.9 Å². The molecule has 0 fully saturated rings. The SMILES string of the molecule is COc1cc(OC)cc(C(=O)Nc2ccc3c(c2)N(CCOc2ccc(C)cc2)C(=O)C(C)O3)c1. The van der Waals surface area contributed by atoms with Gasteiger partial charge in [-0.3, -0.25) is 9.59 Å². The highest BCUT2D eigenvalue weighted by Crippen LogP contribution is 2.36. The first-order valence-electron chi connectivity index (χ1n) is 11.2. The molecule has 1 atom stereocenters. The summed E-state index contributed by atoms with van der Waals surface area (Å²) in [5, 5.41) is 2.87. The summed E-state index contributed by atoms with van der Waals surface area (Å²) in [5.41, 5.74) is 2.61. The van der Waals surface area contributed by atoms with Crippen molar-refractivity contribution in [3.05, 3.63) is 71.8 Å². The first-order chi connectivity index (χ1) is 16.9. The van der Waals surface area contributed by atoms with E-state index >= 15 is 0 Å². The topological polar surface area (TPSA) is 86.3 Å². The molecule has 1 aliphatic rings. The maximum atomic E-state index is 12.9. The van der Waals surface area contributed by atoms with Gasteiger partial charge in [0.2, 0.25) is 0 Å². The smallest absolute Gasteiger partial charge is 0.267 e. The van der Waals surface area contributed by atoms with Crippen molar-refractivity contribution in [2.24, 2.45) is 0 Å². The van der Waals surface area contributed by atoms with E-state index in [9.17, 15) is 9.59 Å². The average molecular weight is 477 g/mol. The van der Waals surface area contributed by atoms with Gasteiger partial charge in [0.15, 0.2) is 6.10 Å². The lowest BCUT2D eigenvalue weighted by molar-refractivity contribution is -0.125. The monoisotopic (exact) mass is 476 g/mol. The molecule has 3 aromatic rings. The van der Waals surface area contributed by atoms with E-state index in [1.165, 1.54) is 14.2 Å². The number of benzene rings is 3. The molecule has 2 amide bonds. The van der Waals surface area contributed by atoms with E-state index in [1.54, 1.807) is 48.2 Å². The predicted octanol–water partition coefficient (Wildman–Crippen LogP) is 4.46. The second-order valence-corrected chi connectivity index (χ2v) is 8.15. The van der Waals surface area contributed by atoms with Gasteiger partial charge in [-0.1, -0.05) is 17.7 Å². The molecule has 182 valence electrons. The fourth-order valence-corrected chi connectivity index (χ4v) is 3.75. The lowest BCUT2D eigenvalue weighted by Crippen LogP contribution is -2.46. The van der Waals surface area contributed by atoms with Crippen LogP contribution in [-0.4, -0.2) is 45.3 Å². The van der Waals surface area contributed by atoms with Gasteiger partial charge in [0, 0.05) is 17.3 Å². The molecule has 1 heterocycles. The Labute approximate surface area is 204 Å². The Bertz CT molecular complexity index is 1200. The van der Waals surface area contributed by atoms with Gasteiger partial charge in [0.1, 0.15) is 29.6 Å². The minimum atomic E-state index is -0.619. The fraction of sp³-hybridized carbons (Fsp3) is 0.259. The van der Waals surface area contributed by atoms with E-state index in [-0.39, 0.29) is 11.8 Å². The molecule has 0 bridgehead atoms. The molecule has 8 heteroatoms. The molecule has 1 N–H and O–H groups in total. The number of carbonyl (C=O) groups excluding carboxylic acids is 2. The maximum Gasteiger partial charge on any atom is 0.267 e. The second-order valence-electron chi connectivity index (χ2n) is 8.15. The van der Waals surface area contributed by atoms with Crippen LogP contribution in [-0.2, 0) is 4.79 Å². The van der Waals surface area contributed by atoms with Gasteiger partial charge in [0.25, 0.3) is 11.8 Å². The predicted molar refractivity (Wildman–Crippen MR) is 133 cm³/mol. The zero-order valence-corrected chi connectivity index (χ0v) is 20.2. The van der Waals surface area contributed by atoms with Crippen LogP contribution in [0.3, 0.4) is 0 Å². The van der Waals surface area contributed by atoms with Gasteiger partial charge in [-0.15, -0.1) is 0 Å². The highest BCUT2D eigenvalue weighted by molar-refractivity contribution is 6.06. The van der Waals surface area contributed by atoms with Gasteiger partial charge in [-0.2, -0.15) is 0 Å². The zero-order chi connectivity index (χ0) is 24.9. The van der Waals surface area contributed by atoms with Crippen LogP contribution in [0, 0.1) is 6.92 Å². The van der Waals surface area contributed by atoms with Gasteiger partial charge in [-0.05, 0) is 56.3 Å². The first-order valence-corrected chi connectivity index (χ1v) is 11.2. The third kappa shape index (κ3) is 5.48. The standard InChI is InChI=1S/C27H28N2O6/c1-17-5-8-21(9-6-17)34-12-11-29-24-15-20(7-10-25(24)35-18(2)27(29)31)28-26(30)19-13-22(32-3)16-23(14-19)33-4/h5-10,13-16,18H,11-12H2,1-4H3,(H,28,30). The largest absolute Gasteiger partial charge is 0.497 e. The lowest BCUT2D eigenvalue weighted by atomic mass is 10.1. The van der Waals surface area contributed by atoms with Crippen molar-refractivity contribution in [2.45, 2.75) is 20.0 Å². The van der Waals surface area contributed by atoms with Crippen molar-refractivity contribution < 1.29 is 28.5 Å². The number of aryl methyl sites for hydroxylation is 1. The summed E-state index contributed by atoms with van der Waals surface area (Å²) in [7, 11) is 3.05. The molecule has 0 aromatic heterocycles. The van der Waals surface area contributed by atoms with Gasteiger partial charge >= 0.3 is 0 Å². The Morgan fingerprint density at radius 2 is 1.66 bits per heavy atom. The zero-order valence-electron chi connectivity index (χ0n) is 20.2. The third-order valence-electron chi connectivity index (χ3n) is 5.64. The van der Waals surface area contributed by atoms with Crippen LogP contribution in [0.15, 0.2) is 60.7 Å². The molecule has 0 radical (unpaired) electrons. The number of hydrogen-bond acceptors (Lipinski definition) is 6. The molecule has 3 aromatic carbocycles. The molecule has 0 spiro atoms. The molecule has 35 heavy (non-hydrogen) atoms. The minimum absolute atomic E-state index is 0.175. The summed E-state index contributed by atoms with van der Waals surface area (Å²) in [6.07, 6.45) is -0.619. The van der Waals surface area contributed by atoms with Crippen LogP contribution in [0.25, 0.3) is 0 Å². The highest BCUT2D eigenvalue weighted by Gasteiger charge is 2.31. The summed E-state index contributed by atoms with van der Waals surface area (Å²) >= 11 is 0. The fourth-order valence-electron chi connectivity index (χ4n) is 3.75. The van der Waals surface area contributed by atoms with E-state index in [0.29, 0.717) is 47.3 Å². The van der Waals surface area contributed by atoms with Gasteiger partial charge in [-0.25, -0.2) is 0 Å². The van der Waals surface area contributed by atoms with Crippen LogP contribution in [0.4, 0.5) is 11.4 Å². The van der Waals surface area contributed by atoms with Gasteiger partial charge < -0.3 is 29.2 Å². The number of amides is 2. The Balaban J connectivity index is 1.52. The highest BCUT2D eigenvalue weighted by atomic mass is 16.5. The summed E-state index contributed by atoms with van der Waals surface area (Å²) in [4.78, 5) is 27.4. The van der Waals surface area contributed by atoms with E-state index in [2.05, 4.69) is 5.32 Å². The molecule has 1 aliphatic heterocycles. The van der Waals surface area contributed by atoms with Crippen LogP contribution in [0.2, 0.25) is 0 Å². The number of nitrogens with one attached hydrogen (secondary N) is 1. The number of methoxy groups -OCH3 is 2.